The normalized spacial score (nSPS) is 10.5. The van der Waals surface area contributed by atoms with Gasteiger partial charge in [-0.3, -0.25) is 4.79 Å². The second kappa shape index (κ2) is 7.14. The molecule has 0 unspecified atom stereocenters. The predicted molar refractivity (Wildman–Crippen MR) is 93.3 cm³/mol. The third-order valence-electron chi connectivity index (χ3n) is 3.37. The average molecular weight is 338 g/mol. The van der Waals surface area contributed by atoms with Crippen LogP contribution in [0.3, 0.4) is 0 Å². The SMILES string of the molecule is O=C(O)c1ccc(CSc2nc(-c3ccccc3)cc(=O)[nH]2)cc1. The van der Waals surface area contributed by atoms with Crippen molar-refractivity contribution < 1.29 is 9.90 Å². The third kappa shape index (κ3) is 3.91. The van der Waals surface area contributed by atoms with Gasteiger partial charge in [-0.25, -0.2) is 9.78 Å². The largest absolute Gasteiger partial charge is 0.478 e. The smallest absolute Gasteiger partial charge is 0.335 e. The Morgan fingerprint density at radius 3 is 2.46 bits per heavy atom. The van der Waals surface area contributed by atoms with Gasteiger partial charge in [-0.2, -0.15) is 0 Å². The van der Waals surface area contributed by atoms with Crippen LogP contribution in [0.1, 0.15) is 15.9 Å². The van der Waals surface area contributed by atoms with Gasteiger partial charge in [-0.15, -0.1) is 0 Å². The summed E-state index contributed by atoms with van der Waals surface area (Å²) in [6, 6.07) is 17.6. The average Bonchev–Trinajstić information content (AvgIpc) is 2.60. The molecule has 0 saturated heterocycles. The third-order valence-corrected chi connectivity index (χ3v) is 4.31. The number of nitrogens with zero attached hydrogens (tertiary/aromatic N) is 1. The predicted octanol–water partition coefficient (Wildman–Crippen LogP) is 3.43. The Bertz CT molecular complexity index is 906. The standard InChI is InChI=1S/C18H14N2O3S/c21-16-10-15(13-4-2-1-3-5-13)19-18(20-16)24-11-12-6-8-14(9-7-12)17(22)23/h1-10H,11H2,(H,22,23)(H,19,20,21). The molecule has 24 heavy (non-hydrogen) atoms. The zero-order chi connectivity index (χ0) is 16.9. The van der Waals surface area contributed by atoms with Crippen molar-refractivity contribution in [3.05, 3.63) is 82.1 Å². The number of nitrogens with one attached hydrogen (secondary N) is 1. The first-order chi connectivity index (χ1) is 11.6. The van der Waals surface area contributed by atoms with Gasteiger partial charge in [0.15, 0.2) is 5.16 Å². The highest BCUT2D eigenvalue weighted by Gasteiger charge is 2.06. The summed E-state index contributed by atoms with van der Waals surface area (Å²) in [5, 5.41) is 9.43. The molecule has 1 aromatic heterocycles. The summed E-state index contributed by atoms with van der Waals surface area (Å²) in [6.07, 6.45) is 0. The lowest BCUT2D eigenvalue weighted by molar-refractivity contribution is 0.0697. The molecule has 0 radical (unpaired) electrons. The van der Waals surface area contributed by atoms with Gasteiger partial charge in [0.1, 0.15) is 0 Å². The molecule has 5 nitrogen and oxygen atoms in total. The molecule has 120 valence electrons. The van der Waals surface area contributed by atoms with Crippen LogP contribution in [0.5, 0.6) is 0 Å². The topological polar surface area (TPSA) is 83.0 Å². The van der Waals surface area contributed by atoms with Crippen molar-refractivity contribution in [1.29, 1.82) is 0 Å². The van der Waals surface area contributed by atoms with E-state index in [2.05, 4.69) is 9.97 Å². The number of carboxylic acids is 1. The molecule has 3 aromatic rings. The molecule has 0 spiro atoms. The molecular weight excluding hydrogens is 324 g/mol. The number of benzene rings is 2. The molecule has 1 heterocycles. The first kappa shape index (κ1) is 16.0. The van der Waals surface area contributed by atoms with Crippen LogP contribution in [-0.4, -0.2) is 21.0 Å². The van der Waals surface area contributed by atoms with E-state index in [1.165, 1.54) is 17.8 Å². The number of rotatable bonds is 5. The van der Waals surface area contributed by atoms with E-state index in [4.69, 9.17) is 5.11 Å². The van der Waals surface area contributed by atoms with Gasteiger partial charge in [-0.1, -0.05) is 54.2 Å². The van der Waals surface area contributed by atoms with E-state index >= 15 is 0 Å². The summed E-state index contributed by atoms with van der Waals surface area (Å²) in [7, 11) is 0. The van der Waals surface area contributed by atoms with Crippen molar-refractivity contribution in [1.82, 2.24) is 9.97 Å². The minimum atomic E-state index is -0.948. The van der Waals surface area contributed by atoms with Crippen LogP contribution in [-0.2, 0) is 5.75 Å². The maximum absolute atomic E-state index is 11.8. The fourth-order valence-corrected chi connectivity index (χ4v) is 2.99. The number of hydrogen-bond donors (Lipinski definition) is 2. The summed E-state index contributed by atoms with van der Waals surface area (Å²) in [4.78, 5) is 29.9. The number of thioether (sulfide) groups is 1. The van der Waals surface area contributed by atoms with Gasteiger partial charge in [0.05, 0.1) is 11.3 Å². The van der Waals surface area contributed by atoms with E-state index in [1.54, 1.807) is 24.3 Å². The van der Waals surface area contributed by atoms with E-state index < -0.39 is 5.97 Å². The van der Waals surface area contributed by atoms with Crippen LogP contribution in [0.4, 0.5) is 0 Å². The summed E-state index contributed by atoms with van der Waals surface area (Å²) >= 11 is 1.40. The summed E-state index contributed by atoms with van der Waals surface area (Å²) < 4.78 is 0. The van der Waals surface area contributed by atoms with Gasteiger partial charge in [0.2, 0.25) is 0 Å². The first-order valence-corrected chi connectivity index (χ1v) is 8.22. The van der Waals surface area contributed by atoms with E-state index in [1.807, 2.05) is 30.3 Å². The molecule has 0 aliphatic rings. The monoisotopic (exact) mass is 338 g/mol. The molecule has 2 aromatic carbocycles. The van der Waals surface area contributed by atoms with Gasteiger partial charge < -0.3 is 10.1 Å². The molecule has 2 N–H and O–H groups in total. The lowest BCUT2D eigenvalue weighted by atomic mass is 10.1. The minimum Gasteiger partial charge on any atom is -0.478 e. The zero-order valence-corrected chi connectivity index (χ0v) is 13.4. The molecule has 0 bridgehead atoms. The summed E-state index contributed by atoms with van der Waals surface area (Å²) in [5.41, 5.74) is 2.52. The highest BCUT2D eigenvalue weighted by atomic mass is 32.2. The van der Waals surface area contributed by atoms with Crippen molar-refractivity contribution in [2.24, 2.45) is 0 Å². The van der Waals surface area contributed by atoms with Crippen LogP contribution in [0, 0.1) is 0 Å². The Kier molecular flexibility index (Phi) is 4.77. The fourth-order valence-electron chi connectivity index (χ4n) is 2.16. The highest BCUT2D eigenvalue weighted by molar-refractivity contribution is 7.98. The molecule has 0 saturated carbocycles. The van der Waals surface area contributed by atoms with E-state index in [0.29, 0.717) is 16.6 Å². The zero-order valence-electron chi connectivity index (χ0n) is 12.6. The molecule has 0 aliphatic carbocycles. The highest BCUT2D eigenvalue weighted by Crippen LogP contribution is 2.21. The van der Waals surface area contributed by atoms with Crippen LogP contribution in [0.2, 0.25) is 0 Å². The van der Waals surface area contributed by atoms with Crippen LogP contribution < -0.4 is 5.56 Å². The number of hydrogen-bond acceptors (Lipinski definition) is 4. The van der Waals surface area contributed by atoms with E-state index in [-0.39, 0.29) is 11.1 Å². The van der Waals surface area contributed by atoms with Gasteiger partial charge in [0.25, 0.3) is 5.56 Å². The van der Waals surface area contributed by atoms with Crippen molar-refractivity contribution >= 4 is 17.7 Å². The van der Waals surface area contributed by atoms with Crippen LogP contribution in [0.15, 0.2) is 70.6 Å². The Morgan fingerprint density at radius 2 is 1.79 bits per heavy atom. The molecule has 0 fully saturated rings. The number of aromatic carboxylic acids is 1. The van der Waals surface area contributed by atoms with Crippen molar-refractivity contribution in [3.63, 3.8) is 0 Å². The van der Waals surface area contributed by atoms with Crippen molar-refractivity contribution in [2.75, 3.05) is 0 Å². The van der Waals surface area contributed by atoms with Gasteiger partial charge >= 0.3 is 5.97 Å². The Balaban J connectivity index is 1.77. The quantitative estimate of drug-likeness (QED) is 0.550. The molecule has 6 heteroatoms. The number of carbonyl (C=O) groups is 1. The number of aromatic nitrogens is 2. The minimum absolute atomic E-state index is 0.201. The van der Waals surface area contributed by atoms with E-state index in [0.717, 1.165) is 11.1 Å². The molecular formula is C18H14N2O3S. The van der Waals surface area contributed by atoms with Gasteiger partial charge in [0, 0.05) is 17.4 Å². The lowest BCUT2D eigenvalue weighted by Gasteiger charge is -2.05. The Morgan fingerprint density at radius 1 is 1.08 bits per heavy atom. The first-order valence-electron chi connectivity index (χ1n) is 7.23. The molecule has 3 rings (SSSR count). The van der Waals surface area contributed by atoms with Crippen LogP contribution in [0.25, 0.3) is 11.3 Å². The van der Waals surface area contributed by atoms with Crippen LogP contribution >= 0.6 is 11.8 Å². The lowest BCUT2D eigenvalue weighted by Crippen LogP contribution is -2.08. The second-order valence-electron chi connectivity index (χ2n) is 5.09. The van der Waals surface area contributed by atoms with Gasteiger partial charge in [-0.05, 0) is 17.7 Å². The molecule has 0 atom stereocenters. The van der Waals surface area contributed by atoms with Crippen molar-refractivity contribution in [2.45, 2.75) is 10.9 Å². The fraction of sp³-hybridized carbons (Fsp3) is 0.0556. The number of aromatic amines is 1. The summed E-state index contributed by atoms with van der Waals surface area (Å²) in [5.74, 6) is -0.364. The Labute approximate surface area is 142 Å². The van der Waals surface area contributed by atoms with Crippen molar-refractivity contribution in [3.8, 4) is 11.3 Å². The molecule has 0 amide bonds. The molecule has 0 aliphatic heterocycles. The van der Waals surface area contributed by atoms with E-state index in [9.17, 15) is 9.59 Å². The second-order valence-corrected chi connectivity index (χ2v) is 6.06. The maximum Gasteiger partial charge on any atom is 0.335 e. The number of carboxylic acid groups (broad SMARTS) is 1. The Hall–Kier alpha value is -2.86. The maximum atomic E-state index is 11.8. The number of H-pyrrole nitrogens is 1. The summed E-state index contributed by atoms with van der Waals surface area (Å²) in [6.45, 7) is 0.